The molecule has 76 valence electrons. The molecular weight excluding hydrogens is 183 g/mol. The van der Waals surface area contributed by atoms with E-state index in [0.29, 0.717) is 0 Å². The predicted octanol–water partition coefficient (Wildman–Crippen LogP) is -1.03. The second-order valence-corrected chi connectivity index (χ2v) is 2.79. The van der Waals surface area contributed by atoms with Gasteiger partial charge in [0.05, 0.1) is 0 Å². The van der Waals surface area contributed by atoms with Crippen LogP contribution in [0, 0.1) is 0 Å². The van der Waals surface area contributed by atoms with Gasteiger partial charge in [-0.25, -0.2) is 4.39 Å². The highest BCUT2D eigenvalue weighted by atomic mass is 19.1. The van der Waals surface area contributed by atoms with Crippen molar-refractivity contribution in [1.82, 2.24) is 0 Å². The van der Waals surface area contributed by atoms with Gasteiger partial charge in [-0.1, -0.05) is 0 Å². The largest absolute Gasteiger partial charge is 0.433 e. The quantitative estimate of drug-likeness (QED) is 0.549. The molecule has 1 aliphatic rings. The van der Waals surface area contributed by atoms with Gasteiger partial charge in [0.2, 0.25) is 6.29 Å². The number of rotatable bonds is 2. The molecule has 6 heteroatoms. The molecule has 0 saturated carbocycles. The predicted molar refractivity (Wildman–Crippen MR) is 38.4 cm³/mol. The van der Waals surface area contributed by atoms with Crippen molar-refractivity contribution in [1.29, 1.82) is 0 Å². The van der Waals surface area contributed by atoms with Gasteiger partial charge in [0.25, 0.3) is 0 Å². The van der Waals surface area contributed by atoms with E-state index in [9.17, 15) is 14.3 Å². The van der Waals surface area contributed by atoms with E-state index in [1.165, 1.54) is 0 Å². The van der Waals surface area contributed by atoms with E-state index in [4.69, 9.17) is 9.84 Å². The normalized spacial score (nSPS) is 39.1. The van der Waals surface area contributed by atoms with Crippen LogP contribution in [0.5, 0.6) is 0 Å². The molecule has 4 atom stereocenters. The standard InChI is InChI=1S/C7H11FO5/c1-3(9)12-7-6(11)5(10)4(2-8)13-7/h4-7,10-11H,2H2,1H3/t4-,5-,6-,7-/m1/s1. The Morgan fingerprint density at radius 1 is 1.54 bits per heavy atom. The Morgan fingerprint density at radius 2 is 2.15 bits per heavy atom. The molecule has 2 N–H and O–H groups in total. The number of carbonyl (C=O) groups excluding carboxylic acids is 1. The molecule has 0 radical (unpaired) electrons. The van der Waals surface area contributed by atoms with Gasteiger partial charge in [0, 0.05) is 6.92 Å². The van der Waals surface area contributed by atoms with Gasteiger partial charge in [-0.05, 0) is 0 Å². The summed E-state index contributed by atoms with van der Waals surface area (Å²) in [6, 6.07) is 0. The molecular formula is C7H11FO5. The van der Waals surface area contributed by atoms with Crippen LogP contribution in [0.4, 0.5) is 4.39 Å². The van der Waals surface area contributed by atoms with E-state index >= 15 is 0 Å². The van der Waals surface area contributed by atoms with Crippen LogP contribution in [-0.2, 0) is 14.3 Å². The number of alkyl halides is 1. The van der Waals surface area contributed by atoms with Gasteiger partial charge < -0.3 is 19.7 Å². The molecule has 1 rings (SSSR count). The molecule has 1 saturated heterocycles. The van der Waals surface area contributed by atoms with Gasteiger partial charge in [-0.15, -0.1) is 0 Å². The van der Waals surface area contributed by atoms with Crippen LogP contribution in [-0.4, -0.2) is 47.5 Å². The molecule has 5 nitrogen and oxygen atoms in total. The third-order valence-electron chi connectivity index (χ3n) is 1.75. The van der Waals surface area contributed by atoms with Crippen molar-refractivity contribution in [3.63, 3.8) is 0 Å². The zero-order valence-electron chi connectivity index (χ0n) is 7.01. The van der Waals surface area contributed by atoms with Crippen LogP contribution in [0.2, 0.25) is 0 Å². The lowest BCUT2D eigenvalue weighted by molar-refractivity contribution is -0.186. The van der Waals surface area contributed by atoms with Crippen LogP contribution in [0.25, 0.3) is 0 Å². The summed E-state index contributed by atoms with van der Waals surface area (Å²) in [6.07, 6.45) is -5.13. The van der Waals surface area contributed by atoms with Crippen LogP contribution >= 0.6 is 0 Å². The van der Waals surface area contributed by atoms with E-state index < -0.39 is 37.2 Å². The highest BCUT2D eigenvalue weighted by molar-refractivity contribution is 5.66. The second kappa shape index (κ2) is 3.99. The first kappa shape index (κ1) is 10.4. The maximum Gasteiger partial charge on any atom is 0.305 e. The number of aliphatic hydroxyl groups excluding tert-OH is 2. The van der Waals surface area contributed by atoms with Gasteiger partial charge in [-0.3, -0.25) is 4.79 Å². The zero-order chi connectivity index (χ0) is 10.0. The minimum atomic E-state index is -1.38. The summed E-state index contributed by atoms with van der Waals surface area (Å²) in [5, 5.41) is 18.3. The minimum Gasteiger partial charge on any atom is -0.433 e. The average molecular weight is 194 g/mol. The molecule has 1 fully saturated rings. The highest BCUT2D eigenvalue weighted by Gasteiger charge is 2.44. The van der Waals surface area contributed by atoms with E-state index in [2.05, 4.69) is 4.74 Å². The van der Waals surface area contributed by atoms with Crippen molar-refractivity contribution in [2.75, 3.05) is 6.67 Å². The molecule has 13 heavy (non-hydrogen) atoms. The smallest absolute Gasteiger partial charge is 0.305 e. The number of ether oxygens (including phenoxy) is 2. The van der Waals surface area contributed by atoms with Crippen molar-refractivity contribution < 1.29 is 28.9 Å². The summed E-state index contributed by atoms with van der Waals surface area (Å²) in [6.45, 7) is 0.196. The average Bonchev–Trinajstić information content (AvgIpc) is 2.32. The van der Waals surface area contributed by atoms with E-state index in [1.807, 2.05) is 0 Å². The number of halogens is 1. The number of hydrogen-bond donors (Lipinski definition) is 2. The summed E-state index contributed by atoms with van der Waals surface area (Å²) in [4.78, 5) is 10.5. The first-order chi connectivity index (χ1) is 6.06. The number of aliphatic hydroxyl groups is 2. The summed E-state index contributed by atoms with van der Waals surface area (Å²) in [5.74, 6) is -0.657. The number of hydrogen-bond acceptors (Lipinski definition) is 5. The fourth-order valence-corrected chi connectivity index (χ4v) is 1.10. The van der Waals surface area contributed by atoms with E-state index in [-0.39, 0.29) is 0 Å². The molecule has 1 heterocycles. The fourth-order valence-electron chi connectivity index (χ4n) is 1.10. The van der Waals surface area contributed by atoms with Crippen LogP contribution in [0.3, 0.4) is 0 Å². The molecule has 0 unspecified atom stereocenters. The van der Waals surface area contributed by atoms with Crippen molar-refractivity contribution in [3.8, 4) is 0 Å². The van der Waals surface area contributed by atoms with E-state index in [0.717, 1.165) is 6.92 Å². The molecule has 0 aromatic rings. The first-order valence-electron chi connectivity index (χ1n) is 3.81. The van der Waals surface area contributed by atoms with Gasteiger partial charge >= 0.3 is 5.97 Å². The Labute approximate surface area is 74.1 Å². The number of carbonyl (C=O) groups is 1. The Bertz CT molecular complexity index is 197. The summed E-state index contributed by atoms with van der Waals surface area (Å²) in [5.41, 5.74) is 0. The summed E-state index contributed by atoms with van der Waals surface area (Å²) in [7, 11) is 0. The van der Waals surface area contributed by atoms with Gasteiger partial charge in [0.1, 0.15) is 25.0 Å². The lowest BCUT2D eigenvalue weighted by atomic mass is 10.1. The van der Waals surface area contributed by atoms with Crippen LogP contribution < -0.4 is 0 Å². The van der Waals surface area contributed by atoms with Crippen LogP contribution in [0.15, 0.2) is 0 Å². The minimum absolute atomic E-state index is 0.657. The second-order valence-electron chi connectivity index (χ2n) is 2.79. The maximum absolute atomic E-state index is 12.1. The lowest BCUT2D eigenvalue weighted by Crippen LogP contribution is -2.34. The Balaban J connectivity index is 2.55. The zero-order valence-corrected chi connectivity index (χ0v) is 7.01. The monoisotopic (exact) mass is 194 g/mol. The van der Waals surface area contributed by atoms with Crippen molar-refractivity contribution >= 4 is 5.97 Å². The van der Waals surface area contributed by atoms with Gasteiger partial charge in [-0.2, -0.15) is 0 Å². The third kappa shape index (κ3) is 2.15. The van der Waals surface area contributed by atoms with Crippen molar-refractivity contribution in [2.45, 2.75) is 31.5 Å². The molecule has 1 aliphatic heterocycles. The topological polar surface area (TPSA) is 76.0 Å². The van der Waals surface area contributed by atoms with Crippen molar-refractivity contribution in [2.24, 2.45) is 0 Å². The van der Waals surface area contributed by atoms with Crippen molar-refractivity contribution in [3.05, 3.63) is 0 Å². The Morgan fingerprint density at radius 3 is 2.54 bits per heavy atom. The molecule has 0 aromatic carbocycles. The van der Waals surface area contributed by atoms with Gasteiger partial charge in [0.15, 0.2) is 0 Å². The third-order valence-corrected chi connectivity index (χ3v) is 1.75. The molecule has 0 spiro atoms. The SMILES string of the molecule is CC(=O)O[C@@H]1O[C@H](CF)[C@@H](O)[C@H]1O. The molecule has 0 aliphatic carbocycles. The first-order valence-corrected chi connectivity index (χ1v) is 3.81. The molecule has 0 bridgehead atoms. The van der Waals surface area contributed by atoms with E-state index in [1.54, 1.807) is 0 Å². The highest BCUT2D eigenvalue weighted by Crippen LogP contribution is 2.22. The molecule has 0 aromatic heterocycles. The summed E-state index contributed by atoms with van der Waals surface area (Å²) >= 11 is 0. The fraction of sp³-hybridized carbons (Fsp3) is 0.857. The maximum atomic E-state index is 12.1. The lowest BCUT2D eigenvalue weighted by Gasteiger charge is -2.13. The van der Waals surface area contributed by atoms with Crippen LogP contribution in [0.1, 0.15) is 6.92 Å². The molecule has 0 amide bonds. The number of esters is 1. The summed E-state index contributed by atoms with van der Waals surface area (Å²) < 4.78 is 21.3. The Hall–Kier alpha value is -0.720. The Kier molecular flexibility index (Phi) is 3.18.